The molecule has 9 heteroatoms. The largest absolute Gasteiger partial charge is 0.484 e. The molecule has 6 nitrogen and oxygen atoms in total. The van der Waals surface area contributed by atoms with Crippen LogP contribution in [-0.2, 0) is 17.9 Å². The van der Waals surface area contributed by atoms with E-state index in [1.165, 1.54) is 11.8 Å². The third kappa shape index (κ3) is 5.90. The summed E-state index contributed by atoms with van der Waals surface area (Å²) in [6.07, 6.45) is 0. The van der Waals surface area contributed by atoms with Gasteiger partial charge in [0.15, 0.2) is 11.0 Å². The molecule has 0 aliphatic rings. The number of halogens is 2. The van der Waals surface area contributed by atoms with Crippen molar-refractivity contribution in [3.05, 3.63) is 70.0 Å². The quantitative estimate of drug-likeness (QED) is 0.443. The Balaban J connectivity index is 1.57. The van der Waals surface area contributed by atoms with Crippen LogP contribution in [0.2, 0.25) is 10.0 Å². The summed E-state index contributed by atoms with van der Waals surface area (Å²) < 4.78 is 7.67. The number of nitrogens with zero attached hydrogens (tertiary/aromatic N) is 3. The molecule has 30 heavy (non-hydrogen) atoms. The number of carbonyl (C=O) groups is 1. The predicted molar refractivity (Wildman–Crippen MR) is 120 cm³/mol. The number of benzene rings is 2. The fourth-order valence-electron chi connectivity index (χ4n) is 2.82. The van der Waals surface area contributed by atoms with Gasteiger partial charge in [-0.1, -0.05) is 65.3 Å². The molecular formula is C21H22Cl2N4O2S. The average molecular weight is 465 g/mol. The second kappa shape index (κ2) is 10.7. The van der Waals surface area contributed by atoms with Gasteiger partial charge in [0.05, 0.1) is 16.8 Å². The van der Waals surface area contributed by atoms with Crippen molar-refractivity contribution < 1.29 is 9.53 Å². The van der Waals surface area contributed by atoms with Crippen LogP contribution >= 0.6 is 35.0 Å². The SMILES string of the molecule is CCn1c(COc2cc(Cl)ccc2Cl)nnc1SCC(=O)NC(C)c1ccccc1. The zero-order valence-electron chi connectivity index (χ0n) is 16.6. The highest BCUT2D eigenvalue weighted by atomic mass is 35.5. The third-order valence-electron chi connectivity index (χ3n) is 4.37. The zero-order valence-corrected chi connectivity index (χ0v) is 19.0. The molecule has 2 aromatic carbocycles. The maximum absolute atomic E-state index is 12.3. The molecule has 158 valence electrons. The summed E-state index contributed by atoms with van der Waals surface area (Å²) in [5.74, 6) is 1.31. The van der Waals surface area contributed by atoms with E-state index in [9.17, 15) is 4.79 Å². The molecule has 0 radical (unpaired) electrons. The fourth-order valence-corrected chi connectivity index (χ4v) is 3.99. The number of hydrogen-bond donors (Lipinski definition) is 1. The molecule has 1 aromatic heterocycles. The minimum atomic E-state index is -0.0643. The van der Waals surface area contributed by atoms with Crippen molar-refractivity contribution in [2.45, 2.75) is 38.2 Å². The third-order valence-corrected chi connectivity index (χ3v) is 5.88. The van der Waals surface area contributed by atoms with Gasteiger partial charge in [0.1, 0.15) is 12.4 Å². The summed E-state index contributed by atoms with van der Waals surface area (Å²) in [5.41, 5.74) is 1.06. The zero-order chi connectivity index (χ0) is 21.5. The van der Waals surface area contributed by atoms with Gasteiger partial charge < -0.3 is 14.6 Å². The molecule has 0 bridgehead atoms. The van der Waals surface area contributed by atoms with Crippen LogP contribution in [0.1, 0.15) is 31.3 Å². The van der Waals surface area contributed by atoms with Crippen molar-refractivity contribution in [3.8, 4) is 5.75 Å². The van der Waals surface area contributed by atoms with Crippen molar-refractivity contribution in [2.24, 2.45) is 0 Å². The van der Waals surface area contributed by atoms with E-state index >= 15 is 0 Å². The normalized spacial score (nSPS) is 11.9. The molecule has 0 spiro atoms. The van der Waals surface area contributed by atoms with Gasteiger partial charge in [-0.05, 0) is 31.5 Å². The molecular weight excluding hydrogens is 443 g/mol. The van der Waals surface area contributed by atoms with Crippen molar-refractivity contribution in [1.29, 1.82) is 0 Å². The van der Waals surface area contributed by atoms with Crippen LogP contribution < -0.4 is 10.1 Å². The Morgan fingerprint density at radius 3 is 2.70 bits per heavy atom. The summed E-state index contributed by atoms with van der Waals surface area (Å²) in [7, 11) is 0. The first kappa shape index (κ1) is 22.5. The molecule has 0 aliphatic heterocycles. The minimum Gasteiger partial charge on any atom is -0.484 e. The van der Waals surface area contributed by atoms with E-state index in [0.717, 1.165) is 5.56 Å². The smallest absolute Gasteiger partial charge is 0.230 e. The lowest BCUT2D eigenvalue weighted by Gasteiger charge is -2.14. The van der Waals surface area contributed by atoms with E-state index in [4.69, 9.17) is 27.9 Å². The lowest BCUT2D eigenvalue weighted by atomic mass is 10.1. The maximum Gasteiger partial charge on any atom is 0.230 e. The van der Waals surface area contributed by atoms with E-state index in [1.807, 2.05) is 48.7 Å². The second-order valence-corrected chi connectivity index (χ2v) is 8.28. The molecule has 1 heterocycles. The number of nitrogens with one attached hydrogen (secondary N) is 1. The van der Waals surface area contributed by atoms with Crippen molar-refractivity contribution in [1.82, 2.24) is 20.1 Å². The highest BCUT2D eigenvalue weighted by molar-refractivity contribution is 7.99. The lowest BCUT2D eigenvalue weighted by molar-refractivity contribution is -0.119. The predicted octanol–water partition coefficient (Wildman–Crippen LogP) is 5.15. The number of carbonyl (C=O) groups excluding carboxylic acids is 1. The Morgan fingerprint density at radius 1 is 1.20 bits per heavy atom. The van der Waals surface area contributed by atoms with Gasteiger partial charge in [0.25, 0.3) is 0 Å². The van der Waals surface area contributed by atoms with Crippen molar-refractivity contribution >= 4 is 40.9 Å². The van der Waals surface area contributed by atoms with Crippen LogP contribution in [0, 0.1) is 0 Å². The second-order valence-electron chi connectivity index (χ2n) is 6.50. The molecule has 1 amide bonds. The number of hydrogen-bond acceptors (Lipinski definition) is 5. The van der Waals surface area contributed by atoms with Crippen LogP contribution in [0.4, 0.5) is 0 Å². The van der Waals surface area contributed by atoms with Crippen LogP contribution in [0.15, 0.2) is 53.7 Å². The van der Waals surface area contributed by atoms with Crippen LogP contribution in [0.3, 0.4) is 0 Å². The van der Waals surface area contributed by atoms with Crippen LogP contribution in [0.5, 0.6) is 5.75 Å². The van der Waals surface area contributed by atoms with Gasteiger partial charge >= 0.3 is 0 Å². The fraction of sp³-hybridized carbons (Fsp3) is 0.286. The van der Waals surface area contributed by atoms with E-state index in [1.54, 1.807) is 18.2 Å². The first-order valence-electron chi connectivity index (χ1n) is 9.45. The van der Waals surface area contributed by atoms with Crippen LogP contribution in [0.25, 0.3) is 0 Å². The number of thioether (sulfide) groups is 1. The van der Waals surface area contributed by atoms with Crippen LogP contribution in [-0.4, -0.2) is 26.4 Å². The maximum atomic E-state index is 12.3. The Morgan fingerprint density at radius 2 is 1.97 bits per heavy atom. The lowest BCUT2D eigenvalue weighted by Crippen LogP contribution is -2.28. The number of rotatable bonds is 9. The Labute approximate surface area is 189 Å². The minimum absolute atomic E-state index is 0.0604. The molecule has 0 aliphatic carbocycles. The van der Waals surface area contributed by atoms with Crippen molar-refractivity contribution in [3.63, 3.8) is 0 Å². The highest BCUT2D eigenvalue weighted by Crippen LogP contribution is 2.28. The molecule has 1 atom stereocenters. The van der Waals surface area contributed by atoms with Gasteiger partial charge in [-0.15, -0.1) is 10.2 Å². The highest BCUT2D eigenvalue weighted by Gasteiger charge is 2.15. The number of amides is 1. The molecule has 0 saturated carbocycles. The Kier molecular flexibility index (Phi) is 8.01. The van der Waals surface area contributed by atoms with Gasteiger partial charge in [-0.2, -0.15) is 0 Å². The van der Waals surface area contributed by atoms with E-state index in [2.05, 4.69) is 15.5 Å². The molecule has 1 unspecified atom stereocenters. The number of aromatic nitrogens is 3. The summed E-state index contributed by atoms with van der Waals surface area (Å²) in [4.78, 5) is 12.3. The standard InChI is InChI=1S/C21H22Cl2N4O2S/c1-3-27-19(12-29-18-11-16(22)9-10-17(18)23)25-26-21(27)30-13-20(28)24-14(2)15-7-5-4-6-8-15/h4-11,14H,3,12-13H2,1-2H3,(H,24,28). The van der Waals surface area contributed by atoms with Gasteiger partial charge in [0, 0.05) is 17.6 Å². The van der Waals surface area contributed by atoms with Gasteiger partial charge in [-0.3, -0.25) is 4.79 Å². The summed E-state index contributed by atoms with van der Waals surface area (Å²) in [5, 5.41) is 13.1. The van der Waals surface area contributed by atoms with E-state index in [0.29, 0.717) is 33.3 Å². The monoisotopic (exact) mass is 464 g/mol. The molecule has 0 fully saturated rings. The molecule has 3 rings (SSSR count). The Bertz CT molecular complexity index is 998. The van der Waals surface area contributed by atoms with Gasteiger partial charge in [0.2, 0.25) is 5.91 Å². The molecule has 1 N–H and O–H groups in total. The van der Waals surface area contributed by atoms with Crippen molar-refractivity contribution in [2.75, 3.05) is 5.75 Å². The Hall–Kier alpha value is -2.22. The van der Waals surface area contributed by atoms with Gasteiger partial charge in [-0.25, -0.2) is 0 Å². The summed E-state index contributed by atoms with van der Waals surface area (Å²) in [6, 6.07) is 14.8. The molecule has 3 aromatic rings. The molecule has 0 saturated heterocycles. The number of ether oxygens (including phenoxy) is 1. The van der Waals surface area contributed by atoms with E-state index in [-0.39, 0.29) is 24.3 Å². The van der Waals surface area contributed by atoms with E-state index < -0.39 is 0 Å². The summed E-state index contributed by atoms with van der Waals surface area (Å²) >= 11 is 13.5. The summed E-state index contributed by atoms with van der Waals surface area (Å²) in [6.45, 7) is 4.79. The average Bonchev–Trinajstić information content (AvgIpc) is 3.15. The topological polar surface area (TPSA) is 69.0 Å². The first-order valence-corrected chi connectivity index (χ1v) is 11.2. The first-order chi connectivity index (χ1) is 14.5.